The first-order valence-corrected chi connectivity index (χ1v) is 8.50. The number of halogens is 1. The van der Waals surface area contributed by atoms with Crippen LogP contribution in [0.3, 0.4) is 0 Å². The Morgan fingerprint density at radius 1 is 1.35 bits per heavy atom. The fourth-order valence-corrected chi connectivity index (χ4v) is 3.47. The third-order valence-corrected chi connectivity index (χ3v) is 4.74. The standard InChI is InChI=1S/C13H15ClN2O3S/c1-2-3-6-20(18,19)8-12-15-11-5-4-9(14)7-10(11)13(17)16-12/h4-5,7H,2-3,6,8H2,1H3,(H,15,16,17). The molecule has 2 rings (SSSR count). The number of benzene rings is 1. The molecular formula is C13H15ClN2O3S. The van der Waals surface area contributed by atoms with E-state index in [1.807, 2.05) is 6.92 Å². The van der Waals surface area contributed by atoms with Crippen molar-refractivity contribution in [1.29, 1.82) is 0 Å². The summed E-state index contributed by atoms with van der Waals surface area (Å²) in [6.45, 7) is 1.93. The van der Waals surface area contributed by atoms with E-state index in [2.05, 4.69) is 9.97 Å². The number of hydrogen-bond acceptors (Lipinski definition) is 4. The van der Waals surface area contributed by atoms with Crippen molar-refractivity contribution in [3.63, 3.8) is 0 Å². The number of unbranched alkanes of at least 4 members (excludes halogenated alkanes) is 1. The zero-order valence-electron chi connectivity index (χ0n) is 11.0. The molecule has 0 fully saturated rings. The van der Waals surface area contributed by atoms with Crippen LogP contribution in [0.15, 0.2) is 23.0 Å². The number of fused-ring (bicyclic) bond motifs is 1. The Bertz CT molecular complexity index is 784. The van der Waals surface area contributed by atoms with Gasteiger partial charge in [0.25, 0.3) is 5.56 Å². The van der Waals surface area contributed by atoms with E-state index in [9.17, 15) is 13.2 Å². The zero-order valence-corrected chi connectivity index (χ0v) is 12.6. The Kier molecular flexibility index (Phi) is 4.45. The summed E-state index contributed by atoms with van der Waals surface area (Å²) in [7, 11) is -3.25. The Morgan fingerprint density at radius 2 is 2.10 bits per heavy atom. The predicted molar refractivity (Wildman–Crippen MR) is 79.8 cm³/mol. The van der Waals surface area contributed by atoms with Crippen molar-refractivity contribution in [2.45, 2.75) is 25.5 Å². The zero-order chi connectivity index (χ0) is 14.8. The molecule has 1 aromatic heterocycles. The third kappa shape index (κ3) is 3.58. The van der Waals surface area contributed by atoms with E-state index < -0.39 is 9.84 Å². The van der Waals surface area contributed by atoms with Crippen molar-refractivity contribution in [2.75, 3.05) is 5.75 Å². The molecule has 2 aromatic rings. The van der Waals surface area contributed by atoms with Gasteiger partial charge in [-0.25, -0.2) is 13.4 Å². The second-order valence-electron chi connectivity index (χ2n) is 4.62. The fourth-order valence-electron chi connectivity index (χ4n) is 1.87. The average Bonchev–Trinajstić information content (AvgIpc) is 2.37. The largest absolute Gasteiger partial charge is 0.309 e. The van der Waals surface area contributed by atoms with E-state index in [-0.39, 0.29) is 22.9 Å². The highest BCUT2D eigenvalue weighted by atomic mass is 35.5. The lowest BCUT2D eigenvalue weighted by molar-refractivity contribution is 0.590. The minimum absolute atomic E-state index is 0.103. The maximum atomic E-state index is 11.9. The number of aromatic nitrogens is 2. The number of sulfone groups is 1. The lowest BCUT2D eigenvalue weighted by atomic mass is 10.2. The molecule has 20 heavy (non-hydrogen) atoms. The molecule has 1 N–H and O–H groups in total. The van der Waals surface area contributed by atoms with E-state index in [4.69, 9.17) is 11.6 Å². The molecule has 1 aromatic carbocycles. The molecule has 0 aliphatic carbocycles. The molecule has 7 heteroatoms. The second-order valence-corrected chi connectivity index (χ2v) is 7.24. The quantitative estimate of drug-likeness (QED) is 0.918. The smallest absolute Gasteiger partial charge is 0.258 e. The molecule has 1 heterocycles. The van der Waals surface area contributed by atoms with Gasteiger partial charge in [0, 0.05) is 5.02 Å². The highest BCUT2D eigenvalue weighted by Crippen LogP contribution is 2.15. The van der Waals surface area contributed by atoms with Crippen molar-refractivity contribution in [3.8, 4) is 0 Å². The van der Waals surface area contributed by atoms with E-state index in [1.54, 1.807) is 12.1 Å². The topological polar surface area (TPSA) is 79.9 Å². The Hall–Kier alpha value is -1.40. The molecule has 108 valence electrons. The van der Waals surface area contributed by atoms with Crippen LogP contribution in [0.1, 0.15) is 25.6 Å². The van der Waals surface area contributed by atoms with Crippen molar-refractivity contribution < 1.29 is 8.42 Å². The molecule has 0 spiro atoms. The molecule has 0 atom stereocenters. The van der Waals surface area contributed by atoms with Gasteiger partial charge in [-0.3, -0.25) is 4.79 Å². The van der Waals surface area contributed by atoms with Crippen LogP contribution in [0.5, 0.6) is 0 Å². The minimum Gasteiger partial charge on any atom is -0.309 e. The predicted octanol–water partition coefficient (Wildman–Crippen LogP) is 2.29. The van der Waals surface area contributed by atoms with Crippen LogP contribution < -0.4 is 5.56 Å². The summed E-state index contributed by atoms with van der Waals surface area (Å²) in [6, 6.07) is 4.73. The summed E-state index contributed by atoms with van der Waals surface area (Å²) < 4.78 is 23.8. The van der Waals surface area contributed by atoms with Crippen LogP contribution in [-0.4, -0.2) is 24.1 Å². The van der Waals surface area contributed by atoms with Gasteiger partial charge in [-0.2, -0.15) is 0 Å². The van der Waals surface area contributed by atoms with Gasteiger partial charge in [0.15, 0.2) is 9.84 Å². The number of aromatic amines is 1. The average molecular weight is 315 g/mol. The Labute approximate surface area is 121 Å². The van der Waals surface area contributed by atoms with Crippen LogP contribution >= 0.6 is 11.6 Å². The molecule has 0 unspecified atom stereocenters. The lowest BCUT2D eigenvalue weighted by Crippen LogP contribution is -2.17. The molecule has 0 bridgehead atoms. The molecule has 0 saturated carbocycles. The first-order valence-electron chi connectivity index (χ1n) is 6.30. The summed E-state index contributed by atoms with van der Waals surface area (Å²) in [5.74, 6) is 0.0214. The SMILES string of the molecule is CCCCS(=O)(=O)Cc1nc2ccc(Cl)cc2c(=O)[nH]1. The van der Waals surface area contributed by atoms with Gasteiger partial charge >= 0.3 is 0 Å². The minimum atomic E-state index is -3.25. The molecule has 0 amide bonds. The van der Waals surface area contributed by atoms with Crippen LogP contribution in [0.25, 0.3) is 10.9 Å². The van der Waals surface area contributed by atoms with Crippen LogP contribution in [0, 0.1) is 0 Å². The molecule has 0 aliphatic rings. The number of hydrogen-bond donors (Lipinski definition) is 1. The first kappa shape index (κ1) is 15.0. The van der Waals surface area contributed by atoms with Crippen molar-refractivity contribution in [3.05, 3.63) is 39.4 Å². The van der Waals surface area contributed by atoms with Crippen LogP contribution in [0.4, 0.5) is 0 Å². The van der Waals surface area contributed by atoms with Gasteiger partial charge in [-0.1, -0.05) is 24.9 Å². The summed E-state index contributed by atoms with van der Waals surface area (Å²) in [5.41, 5.74) is 0.0667. The maximum Gasteiger partial charge on any atom is 0.258 e. The van der Waals surface area contributed by atoms with Gasteiger partial charge < -0.3 is 4.98 Å². The van der Waals surface area contributed by atoms with E-state index in [1.165, 1.54) is 6.07 Å². The van der Waals surface area contributed by atoms with Crippen molar-refractivity contribution in [1.82, 2.24) is 9.97 Å². The van der Waals surface area contributed by atoms with E-state index >= 15 is 0 Å². The maximum absolute atomic E-state index is 11.9. The fraction of sp³-hybridized carbons (Fsp3) is 0.385. The van der Waals surface area contributed by atoms with Crippen molar-refractivity contribution in [2.24, 2.45) is 0 Å². The molecule has 0 saturated heterocycles. The van der Waals surface area contributed by atoms with Gasteiger partial charge in [-0.05, 0) is 24.6 Å². The third-order valence-electron chi connectivity index (χ3n) is 2.88. The monoisotopic (exact) mass is 314 g/mol. The number of rotatable bonds is 5. The van der Waals surface area contributed by atoms with Crippen molar-refractivity contribution >= 4 is 32.3 Å². The van der Waals surface area contributed by atoms with Crippen LogP contribution in [-0.2, 0) is 15.6 Å². The van der Waals surface area contributed by atoms with E-state index in [0.717, 1.165) is 6.42 Å². The Balaban J connectivity index is 2.37. The van der Waals surface area contributed by atoms with Crippen LogP contribution in [0.2, 0.25) is 5.02 Å². The molecule has 0 radical (unpaired) electrons. The normalized spacial score (nSPS) is 11.9. The van der Waals surface area contributed by atoms with Gasteiger partial charge in [-0.15, -0.1) is 0 Å². The van der Waals surface area contributed by atoms with Gasteiger partial charge in [0.1, 0.15) is 11.6 Å². The number of nitrogens with zero attached hydrogens (tertiary/aromatic N) is 1. The summed E-state index contributed by atoms with van der Waals surface area (Å²) >= 11 is 5.82. The lowest BCUT2D eigenvalue weighted by Gasteiger charge is -2.05. The molecular weight excluding hydrogens is 300 g/mol. The Morgan fingerprint density at radius 3 is 2.80 bits per heavy atom. The van der Waals surface area contributed by atoms with Gasteiger partial charge in [0.05, 0.1) is 16.7 Å². The summed E-state index contributed by atoms with van der Waals surface area (Å²) in [6.07, 6.45) is 1.41. The molecule has 5 nitrogen and oxygen atoms in total. The number of nitrogens with one attached hydrogen (secondary N) is 1. The highest BCUT2D eigenvalue weighted by molar-refractivity contribution is 7.90. The highest BCUT2D eigenvalue weighted by Gasteiger charge is 2.14. The molecule has 0 aliphatic heterocycles. The number of H-pyrrole nitrogens is 1. The second kappa shape index (κ2) is 5.93. The first-order chi connectivity index (χ1) is 9.41. The van der Waals surface area contributed by atoms with Gasteiger partial charge in [0.2, 0.25) is 0 Å². The summed E-state index contributed by atoms with van der Waals surface area (Å²) in [5, 5.41) is 0.792. The van der Waals surface area contributed by atoms with E-state index in [0.29, 0.717) is 22.3 Å². The summed E-state index contributed by atoms with van der Waals surface area (Å²) in [4.78, 5) is 18.6.